The Labute approximate surface area is 111 Å². The Morgan fingerprint density at radius 2 is 2.16 bits per heavy atom. The van der Waals surface area contributed by atoms with Crippen LogP contribution >= 0.6 is 0 Å². The number of hydrogen-bond acceptors (Lipinski definition) is 5. The third-order valence-corrected chi connectivity index (χ3v) is 2.14. The zero-order valence-electron chi connectivity index (χ0n) is 11.2. The number of pyridine rings is 1. The number of nitrogens with zero attached hydrogens (tertiary/aromatic N) is 1. The van der Waals surface area contributed by atoms with E-state index in [4.69, 9.17) is 4.74 Å². The molecule has 0 unspecified atom stereocenters. The quantitative estimate of drug-likeness (QED) is 0.843. The number of carboxylic acid groups (broad SMARTS) is 1. The van der Waals surface area contributed by atoms with E-state index in [0.717, 1.165) is 0 Å². The molecular formula is C13H17N2O4-. The van der Waals surface area contributed by atoms with Crippen LogP contribution in [0.15, 0.2) is 24.5 Å². The molecule has 0 bridgehead atoms. The van der Waals surface area contributed by atoms with Gasteiger partial charge in [-0.25, -0.2) is 4.79 Å². The summed E-state index contributed by atoms with van der Waals surface area (Å²) in [6, 6.07) is 2.26. The van der Waals surface area contributed by atoms with Crippen LogP contribution in [-0.4, -0.2) is 28.7 Å². The smallest absolute Gasteiger partial charge is 0.408 e. The summed E-state index contributed by atoms with van der Waals surface area (Å²) in [7, 11) is 0. The van der Waals surface area contributed by atoms with E-state index in [1.54, 1.807) is 39.1 Å². The van der Waals surface area contributed by atoms with E-state index in [9.17, 15) is 14.7 Å². The molecule has 19 heavy (non-hydrogen) atoms. The van der Waals surface area contributed by atoms with E-state index in [1.807, 2.05) is 0 Å². The Kier molecular flexibility index (Phi) is 4.86. The van der Waals surface area contributed by atoms with Gasteiger partial charge >= 0.3 is 6.09 Å². The van der Waals surface area contributed by atoms with Gasteiger partial charge in [0.2, 0.25) is 0 Å². The lowest BCUT2D eigenvalue weighted by Crippen LogP contribution is -2.50. The van der Waals surface area contributed by atoms with Crippen LogP contribution in [0.4, 0.5) is 4.79 Å². The summed E-state index contributed by atoms with van der Waals surface area (Å²) in [5.74, 6) is -1.37. The van der Waals surface area contributed by atoms with Gasteiger partial charge < -0.3 is 20.0 Å². The van der Waals surface area contributed by atoms with Crippen LogP contribution < -0.4 is 10.4 Å². The third-order valence-electron chi connectivity index (χ3n) is 2.14. The molecule has 104 valence electrons. The molecule has 1 N–H and O–H groups in total. The number of ether oxygens (including phenoxy) is 1. The molecule has 0 aliphatic heterocycles. The van der Waals surface area contributed by atoms with Gasteiger partial charge in [-0.3, -0.25) is 4.98 Å². The van der Waals surface area contributed by atoms with Gasteiger partial charge in [0, 0.05) is 12.4 Å². The van der Waals surface area contributed by atoms with E-state index in [0.29, 0.717) is 5.56 Å². The lowest BCUT2D eigenvalue weighted by molar-refractivity contribution is -0.308. The van der Waals surface area contributed by atoms with Crippen LogP contribution in [-0.2, 0) is 16.0 Å². The predicted octanol–water partition coefficient (Wildman–Crippen LogP) is 0.267. The Morgan fingerprint density at radius 1 is 1.47 bits per heavy atom. The first-order chi connectivity index (χ1) is 8.78. The number of hydrogen-bond donors (Lipinski definition) is 1. The molecule has 0 fully saturated rings. The molecule has 1 aromatic rings. The normalized spacial score (nSPS) is 12.6. The number of carboxylic acids is 1. The van der Waals surface area contributed by atoms with Crippen molar-refractivity contribution in [3.63, 3.8) is 0 Å². The van der Waals surface area contributed by atoms with Crippen molar-refractivity contribution in [3.05, 3.63) is 30.1 Å². The van der Waals surface area contributed by atoms with Crippen molar-refractivity contribution < 1.29 is 19.4 Å². The standard InChI is InChI=1S/C13H18N2O4/c1-13(2,3)19-12(18)15-10(11(16)17)7-9-5-4-6-14-8-9/h4-6,8,10H,7H2,1-3H3,(H,15,18)(H,16,17)/p-1/t10-/m1/s1. The van der Waals surface area contributed by atoms with Crippen molar-refractivity contribution in [3.8, 4) is 0 Å². The second-order valence-corrected chi connectivity index (χ2v) is 5.08. The highest BCUT2D eigenvalue weighted by Crippen LogP contribution is 2.07. The van der Waals surface area contributed by atoms with Crippen molar-refractivity contribution in [1.29, 1.82) is 0 Å². The summed E-state index contributed by atoms with van der Waals surface area (Å²) in [6.45, 7) is 5.09. The number of alkyl carbamates (subject to hydrolysis) is 1. The number of carbonyl (C=O) groups excluding carboxylic acids is 2. The monoisotopic (exact) mass is 265 g/mol. The highest BCUT2D eigenvalue weighted by atomic mass is 16.6. The second-order valence-electron chi connectivity index (χ2n) is 5.08. The summed E-state index contributed by atoms with van der Waals surface area (Å²) in [4.78, 5) is 26.4. The van der Waals surface area contributed by atoms with Crippen molar-refractivity contribution in [2.75, 3.05) is 0 Å². The minimum absolute atomic E-state index is 0.0927. The van der Waals surface area contributed by atoms with Gasteiger partial charge in [0.25, 0.3) is 0 Å². The maximum absolute atomic E-state index is 11.5. The average molecular weight is 265 g/mol. The largest absolute Gasteiger partial charge is 0.548 e. The number of aliphatic carboxylic acids is 1. The summed E-state index contributed by atoms with van der Waals surface area (Å²) < 4.78 is 5.00. The van der Waals surface area contributed by atoms with Crippen LogP contribution in [0.2, 0.25) is 0 Å². The predicted molar refractivity (Wildman–Crippen MR) is 66.1 cm³/mol. The number of rotatable bonds is 4. The first kappa shape index (κ1) is 14.9. The van der Waals surface area contributed by atoms with Gasteiger partial charge in [-0.1, -0.05) is 6.07 Å². The summed E-state index contributed by atoms with van der Waals surface area (Å²) in [6.07, 6.45) is 2.42. The molecule has 1 heterocycles. The molecule has 0 saturated heterocycles. The molecule has 6 nitrogen and oxygen atoms in total. The van der Waals surface area contributed by atoms with Crippen molar-refractivity contribution in [2.45, 2.75) is 38.8 Å². The molecular weight excluding hydrogens is 248 g/mol. The fraction of sp³-hybridized carbons (Fsp3) is 0.462. The van der Waals surface area contributed by atoms with Gasteiger partial charge in [-0.05, 0) is 38.8 Å². The maximum atomic E-state index is 11.5. The highest BCUT2D eigenvalue weighted by Gasteiger charge is 2.20. The second kappa shape index (κ2) is 6.17. The Balaban J connectivity index is 2.64. The van der Waals surface area contributed by atoms with Crippen LogP contribution in [0, 0.1) is 0 Å². The van der Waals surface area contributed by atoms with Crippen molar-refractivity contribution in [1.82, 2.24) is 10.3 Å². The Hall–Kier alpha value is -2.11. The fourth-order valence-corrected chi connectivity index (χ4v) is 1.40. The minimum Gasteiger partial charge on any atom is -0.548 e. The third kappa shape index (κ3) is 5.85. The van der Waals surface area contributed by atoms with Gasteiger partial charge in [0.15, 0.2) is 0 Å². The molecule has 1 aromatic heterocycles. The first-order valence-electron chi connectivity index (χ1n) is 5.87. The number of carbonyl (C=O) groups is 2. The van der Waals surface area contributed by atoms with E-state index in [-0.39, 0.29) is 6.42 Å². The Morgan fingerprint density at radius 3 is 2.63 bits per heavy atom. The van der Waals surface area contributed by atoms with Crippen LogP contribution in [0.25, 0.3) is 0 Å². The van der Waals surface area contributed by atoms with Crippen LogP contribution in [0.1, 0.15) is 26.3 Å². The fourth-order valence-electron chi connectivity index (χ4n) is 1.40. The molecule has 0 aromatic carbocycles. The lowest BCUT2D eigenvalue weighted by Gasteiger charge is -2.24. The molecule has 1 atom stereocenters. The van der Waals surface area contributed by atoms with Crippen molar-refractivity contribution in [2.24, 2.45) is 0 Å². The minimum atomic E-state index is -1.37. The summed E-state index contributed by atoms with van der Waals surface area (Å²) in [5.41, 5.74) is 0.00209. The maximum Gasteiger partial charge on any atom is 0.408 e. The average Bonchev–Trinajstić information content (AvgIpc) is 2.26. The molecule has 6 heteroatoms. The highest BCUT2D eigenvalue weighted by molar-refractivity contribution is 5.79. The number of nitrogens with one attached hydrogen (secondary N) is 1. The van der Waals surface area contributed by atoms with Crippen LogP contribution in [0.3, 0.4) is 0 Å². The van der Waals surface area contributed by atoms with Gasteiger partial charge in [-0.2, -0.15) is 0 Å². The zero-order chi connectivity index (χ0) is 14.5. The van der Waals surface area contributed by atoms with E-state index >= 15 is 0 Å². The summed E-state index contributed by atoms with van der Waals surface area (Å²) in [5, 5.41) is 13.3. The molecule has 0 aliphatic rings. The SMILES string of the molecule is CC(C)(C)OC(=O)N[C@H](Cc1cccnc1)C(=O)[O-]. The van der Waals surface area contributed by atoms with E-state index in [1.165, 1.54) is 6.20 Å². The van der Waals surface area contributed by atoms with Crippen LogP contribution in [0.5, 0.6) is 0 Å². The summed E-state index contributed by atoms with van der Waals surface area (Å²) >= 11 is 0. The number of amides is 1. The van der Waals surface area contributed by atoms with Gasteiger partial charge in [0.05, 0.1) is 12.0 Å². The molecule has 0 saturated carbocycles. The van der Waals surface area contributed by atoms with Gasteiger partial charge in [0.1, 0.15) is 5.60 Å². The zero-order valence-corrected chi connectivity index (χ0v) is 11.2. The van der Waals surface area contributed by atoms with Gasteiger partial charge in [-0.15, -0.1) is 0 Å². The molecule has 0 spiro atoms. The van der Waals surface area contributed by atoms with E-state index < -0.39 is 23.7 Å². The van der Waals surface area contributed by atoms with E-state index in [2.05, 4.69) is 10.3 Å². The molecule has 1 amide bonds. The molecule has 0 aliphatic carbocycles. The van der Waals surface area contributed by atoms with Crippen molar-refractivity contribution >= 4 is 12.1 Å². The Bertz CT molecular complexity index is 440. The molecule has 1 rings (SSSR count). The lowest BCUT2D eigenvalue weighted by atomic mass is 10.1. The molecule has 0 radical (unpaired) electrons. The number of aromatic nitrogens is 1. The first-order valence-corrected chi connectivity index (χ1v) is 5.87. The topological polar surface area (TPSA) is 91.3 Å².